The fourth-order valence-electron chi connectivity index (χ4n) is 3.53. The lowest BCUT2D eigenvalue weighted by Crippen LogP contribution is -2.54. The van der Waals surface area contributed by atoms with Crippen molar-refractivity contribution >= 4 is 18.5 Å². The molecule has 0 heterocycles. The van der Waals surface area contributed by atoms with Gasteiger partial charge in [-0.15, -0.1) is 0 Å². The van der Waals surface area contributed by atoms with Crippen molar-refractivity contribution < 1.29 is 0 Å². The first-order chi connectivity index (χ1) is 8.79. The van der Waals surface area contributed by atoms with E-state index in [1.807, 2.05) is 0 Å². The van der Waals surface area contributed by atoms with Crippen LogP contribution in [0.5, 0.6) is 0 Å². The van der Waals surface area contributed by atoms with Gasteiger partial charge in [0, 0.05) is 0 Å². The van der Waals surface area contributed by atoms with Crippen molar-refractivity contribution in [2.75, 3.05) is 0 Å². The maximum Gasteiger partial charge on any atom is 0.169 e. The SMILES string of the molecule is CCC(CC)(CC)[Si](C)(Cl)C(C)(C)c1ccccc1. The Bertz CT molecular complexity index is 383. The van der Waals surface area contributed by atoms with Crippen LogP contribution in [0.1, 0.15) is 59.4 Å². The number of halogens is 1. The Kier molecular flexibility index (Phi) is 5.31. The summed E-state index contributed by atoms with van der Waals surface area (Å²) in [6, 6.07) is 10.8. The molecular weight excluding hydrogens is 268 g/mol. The first-order valence-corrected chi connectivity index (χ1v) is 11.0. The van der Waals surface area contributed by atoms with E-state index in [0.29, 0.717) is 5.04 Å². The van der Waals surface area contributed by atoms with Crippen LogP contribution in [0.3, 0.4) is 0 Å². The second kappa shape index (κ2) is 6.01. The van der Waals surface area contributed by atoms with Crippen LogP contribution in [0, 0.1) is 0 Å². The molecule has 0 fully saturated rings. The average molecular weight is 297 g/mol. The lowest BCUT2D eigenvalue weighted by Gasteiger charge is -2.51. The Morgan fingerprint density at radius 2 is 1.37 bits per heavy atom. The van der Waals surface area contributed by atoms with E-state index in [2.05, 4.69) is 71.5 Å². The molecule has 1 atom stereocenters. The van der Waals surface area contributed by atoms with Gasteiger partial charge in [-0.25, -0.2) is 0 Å². The second-order valence-corrected chi connectivity index (χ2v) is 12.9. The molecule has 0 bridgehead atoms. The Morgan fingerprint density at radius 1 is 0.947 bits per heavy atom. The molecular formula is C17H29ClSi. The third-order valence-corrected chi connectivity index (χ3v) is 14.0. The van der Waals surface area contributed by atoms with Crippen LogP contribution in [0.15, 0.2) is 30.3 Å². The van der Waals surface area contributed by atoms with Gasteiger partial charge in [-0.3, -0.25) is 0 Å². The summed E-state index contributed by atoms with van der Waals surface area (Å²) in [7, 11) is -1.98. The number of hydrogen-bond donors (Lipinski definition) is 0. The van der Waals surface area contributed by atoms with E-state index in [9.17, 15) is 0 Å². The van der Waals surface area contributed by atoms with Gasteiger partial charge in [0.05, 0.1) is 0 Å². The summed E-state index contributed by atoms with van der Waals surface area (Å²) in [4.78, 5) is 0. The Morgan fingerprint density at radius 3 is 1.74 bits per heavy atom. The summed E-state index contributed by atoms with van der Waals surface area (Å²) in [5, 5.41) is 0.395. The Labute approximate surface area is 125 Å². The van der Waals surface area contributed by atoms with Crippen molar-refractivity contribution in [3.63, 3.8) is 0 Å². The zero-order valence-corrected chi connectivity index (χ0v) is 15.1. The molecule has 0 amide bonds. The van der Waals surface area contributed by atoms with Gasteiger partial charge in [0.1, 0.15) is 0 Å². The highest BCUT2D eigenvalue weighted by atomic mass is 35.6. The molecule has 0 aromatic heterocycles. The number of rotatable bonds is 6. The molecule has 108 valence electrons. The smallest absolute Gasteiger partial charge is 0.166 e. The van der Waals surface area contributed by atoms with Gasteiger partial charge in [-0.2, -0.15) is 11.1 Å². The van der Waals surface area contributed by atoms with Crippen LogP contribution < -0.4 is 0 Å². The van der Waals surface area contributed by atoms with E-state index < -0.39 is 7.38 Å². The first-order valence-electron chi connectivity index (χ1n) is 7.53. The highest BCUT2D eigenvalue weighted by Crippen LogP contribution is 2.57. The normalized spacial score (nSPS) is 16.2. The van der Waals surface area contributed by atoms with Gasteiger partial charge in [-0.05, 0) is 15.6 Å². The Hall–Kier alpha value is -0.273. The molecule has 0 N–H and O–H groups in total. The molecule has 0 aliphatic carbocycles. The minimum Gasteiger partial charge on any atom is -0.166 e. The van der Waals surface area contributed by atoms with Gasteiger partial charge < -0.3 is 0 Å². The summed E-state index contributed by atoms with van der Waals surface area (Å²) in [5.74, 6) is 0. The summed E-state index contributed by atoms with van der Waals surface area (Å²) < 4.78 is 0. The van der Waals surface area contributed by atoms with Crippen molar-refractivity contribution in [3.8, 4) is 0 Å². The number of hydrogen-bond acceptors (Lipinski definition) is 0. The summed E-state index contributed by atoms with van der Waals surface area (Å²) in [5.41, 5.74) is 1.39. The summed E-state index contributed by atoms with van der Waals surface area (Å²) in [6.45, 7) is 14.0. The highest BCUT2D eigenvalue weighted by molar-refractivity contribution is 7.22. The van der Waals surface area contributed by atoms with Crippen molar-refractivity contribution in [2.45, 2.75) is 70.5 Å². The lowest BCUT2D eigenvalue weighted by atomic mass is 9.98. The minimum absolute atomic E-state index is 0.0812. The van der Waals surface area contributed by atoms with Gasteiger partial charge in [0.2, 0.25) is 0 Å². The molecule has 0 aliphatic heterocycles. The van der Waals surface area contributed by atoms with Crippen LogP contribution in [-0.4, -0.2) is 7.38 Å². The predicted molar refractivity (Wildman–Crippen MR) is 90.5 cm³/mol. The zero-order valence-electron chi connectivity index (χ0n) is 13.4. The Balaban J connectivity index is 3.31. The van der Waals surface area contributed by atoms with E-state index in [1.165, 1.54) is 24.8 Å². The summed E-state index contributed by atoms with van der Waals surface area (Å²) in [6.07, 6.45) is 3.55. The van der Waals surface area contributed by atoms with Gasteiger partial charge in [0.25, 0.3) is 0 Å². The third kappa shape index (κ3) is 2.64. The fraction of sp³-hybridized carbons (Fsp3) is 0.647. The fourth-order valence-corrected chi connectivity index (χ4v) is 9.09. The van der Waals surface area contributed by atoms with Crippen molar-refractivity contribution in [2.24, 2.45) is 0 Å². The third-order valence-electron chi connectivity index (χ3n) is 5.70. The molecule has 0 saturated heterocycles. The van der Waals surface area contributed by atoms with Crippen LogP contribution in [0.25, 0.3) is 0 Å². The van der Waals surface area contributed by atoms with Crippen LogP contribution in [0.4, 0.5) is 0 Å². The van der Waals surface area contributed by atoms with E-state index in [1.54, 1.807) is 0 Å². The molecule has 0 aliphatic rings. The molecule has 19 heavy (non-hydrogen) atoms. The van der Waals surface area contributed by atoms with Crippen molar-refractivity contribution in [1.29, 1.82) is 0 Å². The van der Waals surface area contributed by atoms with Crippen LogP contribution in [0.2, 0.25) is 11.6 Å². The molecule has 0 spiro atoms. The van der Waals surface area contributed by atoms with E-state index in [0.717, 1.165) is 0 Å². The van der Waals surface area contributed by atoms with Crippen molar-refractivity contribution in [1.82, 2.24) is 0 Å². The maximum absolute atomic E-state index is 7.32. The van der Waals surface area contributed by atoms with Crippen LogP contribution >= 0.6 is 11.1 Å². The monoisotopic (exact) mass is 296 g/mol. The van der Waals surface area contributed by atoms with E-state index >= 15 is 0 Å². The van der Waals surface area contributed by atoms with Crippen molar-refractivity contribution in [3.05, 3.63) is 35.9 Å². The maximum atomic E-state index is 7.32. The van der Waals surface area contributed by atoms with Crippen LogP contribution in [-0.2, 0) is 5.04 Å². The van der Waals surface area contributed by atoms with Gasteiger partial charge in [-0.1, -0.05) is 90.8 Å². The molecule has 2 heteroatoms. The predicted octanol–water partition coefficient (Wildman–Crippen LogP) is 6.29. The zero-order chi connectivity index (χ0) is 14.7. The molecule has 1 unspecified atom stereocenters. The quantitative estimate of drug-likeness (QED) is 0.427. The standard InChI is InChI=1S/C17H29ClSi/c1-7-17(8-2,9-3)19(6,18)16(4,5)15-13-11-10-12-14-15/h10-14H,7-9H2,1-6H3. The molecule has 0 saturated carbocycles. The van der Waals surface area contributed by atoms with Gasteiger partial charge in [0.15, 0.2) is 7.38 Å². The molecule has 1 aromatic carbocycles. The first kappa shape index (κ1) is 16.8. The van der Waals surface area contributed by atoms with E-state index in [-0.39, 0.29) is 5.04 Å². The van der Waals surface area contributed by atoms with Gasteiger partial charge >= 0.3 is 0 Å². The molecule has 0 radical (unpaired) electrons. The largest absolute Gasteiger partial charge is 0.169 e. The summed E-state index contributed by atoms with van der Waals surface area (Å²) >= 11 is 7.32. The molecule has 1 rings (SSSR count). The molecule has 0 nitrogen and oxygen atoms in total. The van der Waals surface area contributed by atoms with E-state index in [4.69, 9.17) is 11.1 Å². The molecule has 1 aromatic rings. The topological polar surface area (TPSA) is 0 Å². The average Bonchev–Trinajstić information content (AvgIpc) is 2.42. The lowest BCUT2D eigenvalue weighted by molar-refractivity contribution is 0.461. The number of benzene rings is 1. The highest BCUT2D eigenvalue weighted by Gasteiger charge is 2.55. The second-order valence-electron chi connectivity index (χ2n) is 6.33. The minimum atomic E-state index is -1.98.